The molecule has 31 heavy (non-hydrogen) atoms. The number of carbonyl (C=O) groups is 2. The van der Waals surface area contributed by atoms with Crippen LogP contribution in [-0.4, -0.2) is 53.0 Å². The number of rotatable bonds is 4. The summed E-state index contributed by atoms with van der Waals surface area (Å²) < 4.78 is 0. The van der Waals surface area contributed by atoms with Crippen LogP contribution in [0.25, 0.3) is 11.1 Å². The van der Waals surface area contributed by atoms with Gasteiger partial charge in [-0.2, -0.15) is 0 Å². The van der Waals surface area contributed by atoms with Gasteiger partial charge in [0, 0.05) is 49.8 Å². The van der Waals surface area contributed by atoms with E-state index in [0.29, 0.717) is 32.1 Å². The molecule has 0 unspecified atom stereocenters. The van der Waals surface area contributed by atoms with Crippen LogP contribution in [0.5, 0.6) is 0 Å². The van der Waals surface area contributed by atoms with Crippen molar-refractivity contribution in [3.8, 4) is 11.1 Å². The van der Waals surface area contributed by atoms with Crippen molar-refractivity contribution in [1.82, 2.24) is 14.9 Å². The monoisotopic (exact) mass is 425 g/mol. The van der Waals surface area contributed by atoms with Gasteiger partial charge in [-0.05, 0) is 23.3 Å². The van der Waals surface area contributed by atoms with Gasteiger partial charge in [0.1, 0.15) is 0 Å². The van der Waals surface area contributed by atoms with Crippen LogP contribution in [0.15, 0.2) is 67.0 Å². The number of aromatic carboxylic acids is 1. The second-order valence-corrected chi connectivity index (χ2v) is 6.91. The maximum absolute atomic E-state index is 12.6. The van der Waals surface area contributed by atoms with Gasteiger partial charge in [0.15, 0.2) is 0 Å². The maximum Gasteiger partial charge on any atom is 1.00 e. The molecule has 0 bridgehead atoms. The fourth-order valence-electron chi connectivity index (χ4n) is 3.28. The zero-order chi connectivity index (χ0) is 20.9. The molecule has 4 rings (SSSR count). The molecule has 152 valence electrons. The van der Waals surface area contributed by atoms with E-state index in [1.165, 1.54) is 12.4 Å². The molecule has 1 aliphatic rings. The second-order valence-electron chi connectivity index (χ2n) is 6.91. The number of nitrogens with one attached hydrogen (secondary N) is 1. The van der Waals surface area contributed by atoms with E-state index >= 15 is 0 Å². The largest absolute Gasteiger partial charge is 1.00 e. The molecule has 0 radical (unpaired) electrons. The molecule has 0 spiro atoms. The standard InChI is InChI=1S/C22H21N5O3.Na/c28-20(29)18-14-23-21(24-15-18)26-10-12-27(13-11-26)22(30)25-19-8-6-17(7-9-19)16-4-2-1-3-5-16;/h1-9,14-15H,10-13H2,(H,25,30)(H,28,29);/q;+1/p-1. The average Bonchev–Trinajstić information content (AvgIpc) is 2.80. The number of carboxylic acid groups (broad SMARTS) is 1. The molecule has 3 aromatic rings. The molecule has 2 heterocycles. The van der Waals surface area contributed by atoms with Gasteiger partial charge in [-0.25, -0.2) is 14.8 Å². The number of benzene rings is 2. The molecular weight excluding hydrogens is 405 g/mol. The number of carboxylic acids is 1. The summed E-state index contributed by atoms with van der Waals surface area (Å²) in [4.78, 5) is 35.2. The molecule has 1 N–H and O–H groups in total. The number of hydrogen-bond donors (Lipinski definition) is 1. The third-order valence-electron chi connectivity index (χ3n) is 4.97. The topological polar surface area (TPSA) is 101 Å². The summed E-state index contributed by atoms with van der Waals surface area (Å²) in [7, 11) is 0. The predicted octanol–water partition coefficient (Wildman–Crippen LogP) is -1.13. The Labute approximate surface area is 202 Å². The van der Waals surface area contributed by atoms with E-state index in [-0.39, 0.29) is 41.2 Å². The SMILES string of the molecule is O=C([O-])c1cnc(N2CCN(C(=O)Nc3ccc(-c4ccccc4)cc3)CC2)nc1.[Na+]. The van der Waals surface area contributed by atoms with Crippen LogP contribution >= 0.6 is 0 Å². The summed E-state index contributed by atoms with van der Waals surface area (Å²) in [5.41, 5.74) is 2.90. The molecule has 0 aliphatic carbocycles. The Kier molecular flexibility index (Phi) is 7.62. The van der Waals surface area contributed by atoms with E-state index in [1.54, 1.807) is 4.90 Å². The van der Waals surface area contributed by atoms with Crippen molar-refractivity contribution in [2.45, 2.75) is 0 Å². The number of nitrogens with zero attached hydrogens (tertiary/aromatic N) is 4. The predicted molar refractivity (Wildman–Crippen MR) is 111 cm³/mol. The first-order valence-electron chi connectivity index (χ1n) is 9.60. The van der Waals surface area contributed by atoms with Crippen molar-refractivity contribution in [1.29, 1.82) is 0 Å². The fourth-order valence-corrected chi connectivity index (χ4v) is 3.28. The number of hydrogen-bond acceptors (Lipinski definition) is 6. The van der Waals surface area contributed by atoms with Gasteiger partial charge in [-0.3, -0.25) is 0 Å². The number of carbonyl (C=O) groups excluding carboxylic acids is 2. The Balaban J connectivity index is 0.00000272. The van der Waals surface area contributed by atoms with Crippen LogP contribution in [-0.2, 0) is 0 Å². The number of amides is 2. The second kappa shape index (κ2) is 10.4. The minimum Gasteiger partial charge on any atom is -0.545 e. The first kappa shape index (κ1) is 22.7. The van der Waals surface area contributed by atoms with Gasteiger partial charge in [-0.1, -0.05) is 42.5 Å². The summed E-state index contributed by atoms with van der Waals surface area (Å²) in [5.74, 6) is -0.864. The number of anilines is 2. The molecule has 1 aliphatic heterocycles. The number of piperazine rings is 1. The van der Waals surface area contributed by atoms with Crippen molar-refractivity contribution in [3.05, 3.63) is 72.6 Å². The van der Waals surface area contributed by atoms with Crippen molar-refractivity contribution in [2.24, 2.45) is 0 Å². The van der Waals surface area contributed by atoms with Crippen LogP contribution in [0.1, 0.15) is 10.4 Å². The normalized spacial score (nSPS) is 13.3. The van der Waals surface area contributed by atoms with Gasteiger partial charge in [0.2, 0.25) is 5.95 Å². The van der Waals surface area contributed by atoms with Crippen LogP contribution in [0.3, 0.4) is 0 Å². The third-order valence-corrected chi connectivity index (χ3v) is 4.97. The quantitative estimate of drug-likeness (QED) is 0.531. The van der Waals surface area contributed by atoms with E-state index in [9.17, 15) is 14.7 Å². The Morgan fingerprint density at radius 3 is 2.00 bits per heavy atom. The first-order chi connectivity index (χ1) is 14.6. The summed E-state index contributed by atoms with van der Waals surface area (Å²) in [6.07, 6.45) is 2.46. The molecule has 1 fully saturated rings. The first-order valence-corrected chi connectivity index (χ1v) is 9.60. The maximum atomic E-state index is 12.6. The van der Waals surface area contributed by atoms with Crippen LogP contribution < -0.4 is 44.9 Å². The Hall–Kier alpha value is -2.94. The minimum absolute atomic E-state index is 0. The molecule has 9 heteroatoms. The summed E-state index contributed by atoms with van der Waals surface area (Å²) in [5, 5.41) is 13.7. The van der Waals surface area contributed by atoms with Crippen LogP contribution in [0.2, 0.25) is 0 Å². The van der Waals surface area contributed by atoms with E-state index in [1.807, 2.05) is 59.5 Å². The van der Waals surface area contributed by atoms with E-state index in [0.717, 1.165) is 16.8 Å². The van der Waals surface area contributed by atoms with Gasteiger partial charge in [0.05, 0.1) is 5.97 Å². The third kappa shape index (κ3) is 5.61. The molecule has 2 amide bonds. The van der Waals surface area contributed by atoms with E-state index < -0.39 is 5.97 Å². The Morgan fingerprint density at radius 1 is 0.839 bits per heavy atom. The molecular formula is C22H20N5NaO3. The Bertz CT molecular complexity index is 1020. The van der Waals surface area contributed by atoms with Crippen molar-refractivity contribution >= 4 is 23.6 Å². The zero-order valence-corrected chi connectivity index (χ0v) is 19.2. The zero-order valence-electron chi connectivity index (χ0n) is 17.2. The van der Waals surface area contributed by atoms with Gasteiger partial charge >= 0.3 is 35.6 Å². The van der Waals surface area contributed by atoms with Crippen molar-refractivity contribution in [3.63, 3.8) is 0 Å². The van der Waals surface area contributed by atoms with Crippen LogP contribution in [0, 0.1) is 0 Å². The molecule has 0 atom stereocenters. The minimum atomic E-state index is -1.31. The number of urea groups is 1. The van der Waals surface area contributed by atoms with Gasteiger partial charge in [-0.15, -0.1) is 0 Å². The van der Waals surface area contributed by atoms with E-state index in [2.05, 4.69) is 15.3 Å². The van der Waals surface area contributed by atoms with E-state index in [4.69, 9.17) is 0 Å². The molecule has 1 aromatic heterocycles. The fraction of sp³-hybridized carbons (Fsp3) is 0.182. The molecule has 1 saturated heterocycles. The van der Waals surface area contributed by atoms with Gasteiger partial charge in [0.25, 0.3) is 0 Å². The van der Waals surface area contributed by atoms with Crippen molar-refractivity contribution < 1.29 is 44.3 Å². The molecule has 8 nitrogen and oxygen atoms in total. The summed E-state index contributed by atoms with van der Waals surface area (Å²) in [6, 6.07) is 17.6. The molecule has 2 aromatic carbocycles. The van der Waals surface area contributed by atoms with Crippen molar-refractivity contribution in [2.75, 3.05) is 36.4 Å². The number of aromatic nitrogens is 2. The van der Waals surface area contributed by atoms with Crippen LogP contribution in [0.4, 0.5) is 16.4 Å². The average molecular weight is 425 g/mol. The smallest absolute Gasteiger partial charge is 0.545 e. The molecule has 0 saturated carbocycles. The Morgan fingerprint density at radius 2 is 1.42 bits per heavy atom. The van der Waals surface area contributed by atoms with Gasteiger partial charge < -0.3 is 25.0 Å². The summed E-state index contributed by atoms with van der Waals surface area (Å²) >= 11 is 0. The summed E-state index contributed by atoms with van der Waals surface area (Å²) in [6.45, 7) is 2.15.